The average Bonchev–Trinajstić information content (AvgIpc) is 2.04. The molecule has 1 rings (SSSR count). The van der Waals surface area contributed by atoms with Crippen molar-refractivity contribution in [2.75, 3.05) is 0 Å². The lowest BCUT2D eigenvalue weighted by Gasteiger charge is -2.00. The van der Waals surface area contributed by atoms with Crippen LogP contribution in [-0.4, -0.2) is 5.91 Å². The highest BCUT2D eigenvalue weighted by Crippen LogP contribution is 2.09. The molecule has 0 heterocycles. The van der Waals surface area contributed by atoms with E-state index >= 15 is 0 Å². The molecule has 0 aliphatic heterocycles. The molecule has 13 heavy (non-hydrogen) atoms. The number of amides is 1. The molecule has 0 aliphatic rings. The summed E-state index contributed by atoms with van der Waals surface area (Å²) in [5.74, 6) is -0.530. The molecule has 0 bridgehead atoms. The molecule has 0 unspecified atom stereocenters. The minimum absolute atomic E-state index is 0.396. The number of aryl methyl sites for hydroxylation is 1. The van der Waals surface area contributed by atoms with Crippen molar-refractivity contribution in [1.29, 1.82) is 0 Å². The summed E-state index contributed by atoms with van der Waals surface area (Å²) < 4.78 is 0. The van der Waals surface area contributed by atoms with Gasteiger partial charge in [-0.05, 0) is 12.5 Å². The first-order chi connectivity index (χ1) is 6.09. The van der Waals surface area contributed by atoms with Gasteiger partial charge in [0.05, 0.1) is 0 Å². The Bertz CT molecular complexity index is 338. The van der Waals surface area contributed by atoms with Gasteiger partial charge in [-0.1, -0.05) is 29.8 Å². The summed E-state index contributed by atoms with van der Waals surface area (Å²) >= 11 is 0. The van der Waals surface area contributed by atoms with E-state index in [0.29, 0.717) is 5.70 Å². The number of rotatable bonds is 2. The molecule has 0 radical (unpaired) electrons. The first-order valence-corrected chi connectivity index (χ1v) is 3.93. The fourth-order valence-electron chi connectivity index (χ4n) is 0.983. The molecule has 0 saturated heterocycles. The molecule has 68 valence electrons. The zero-order chi connectivity index (χ0) is 9.84. The van der Waals surface area contributed by atoms with Crippen LogP contribution in [-0.2, 0) is 4.79 Å². The third-order valence-corrected chi connectivity index (χ3v) is 1.68. The highest BCUT2D eigenvalue weighted by Gasteiger charge is 1.96. The number of carbonyl (C=O) groups excluding carboxylic acids is 1. The standard InChI is InChI=1S/C10H12N2O/c1-7-2-4-8(5-3-7)9(11)6-10(12)13/h2-6H,11H2,1H3,(H2,12,13)/b9-6-. The van der Waals surface area contributed by atoms with E-state index < -0.39 is 5.91 Å². The summed E-state index contributed by atoms with van der Waals surface area (Å²) in [5.41, 5.74) is 12.9. The number of carbonyl (C=O) groups is 1. The number of hydrogen-bond donors (Lipinski definition) is 2. The van der Waals surface area contributed by atoms with Crippen LogP contribution in [0.5, 0.6) is 0 Å². The zero-order valence-electron chi connectivity index (χ0n) is 7.45. The molecule has 0 atom stereocenters. The Labute approximate surface area is 77.0 Å². The zero-order valence-corrected chi connectivity index (χ0v) is 7.45. The Morgan fingerprint density at radius 1 is 1.23 bits per heavy atom. The maximum atomic E-state index is 10.5. The second-order valence-corrected chi connectivity index (χ2v) is 2.87. The smallest absolute Gasteiger partial charge is 0.243 e. The molecular weight excluding hydrogens is 164 g/mol. The van der Waals surface area contributed by atoms with E-state index in [0.717, 1.165) is 11.1 Å². The third kappa shape index (κ3) is 2.63. The predicted molar refractivity (Wildman–Crippen MR) is 52.5 cm³/mol. The van der Waals surface area contributed by atoms with E-state index in [1.165, 1.54) is 6.08 Å². The lowest BCUT2D eigenvalue weighted by Crippen LogP contribution is -2.09. The fourth-order valence-corrected chi connectivity index (χ4v) is 0.983. The maximum Gasteiger partial charge on any atom is 0.243 e. The number of primary amides is 1. The molecule has 1 aromatic rings. The highest BCUT2D eigenvalue weighted by molar-refractivity contribution is 5.93. The quantitative estimate of drug-likeness (QED) is 0.654. The Balaban J connectivity index is 2.96. The van der Waals surface area contributed by atoms with Crippen LogP contribution in [0.2, 0.25) is 0 Å². The second-order valence-electron chi connectivity index (χ2n) is 2.87. The molecule has 0 saturated carbocycles. The molecule has 3 heteroatoms. The molecule has 1 amide bonds. The van der Waals surface area contributed by atoms with E-state index in [1.807, 2.05) is 31.2 Å². The van der Waals surface area contributed by atoms with E-state index in [4.69, 9.17) is 11.5 Å². The van der Waals surface area contributed by atoms with Gasteiger partial charge in [0.2, 0.25) is 5.91 Å². The number of nitrogens with two attached hydrogens (primary N) is 2. The van der Waals surface area contributed by atoms with Crippen LogP contribution in [0.15, 0.2) is 30.3 Å². The Kier molecular flexibility index (Phi) is 2.69. The molecule has 0 aliphatic carbocycles. The first kappa shape index (κ1) is 9.32. The summed E-state index contributed by atoms with van der Waals surface area (Å²) in [6.07, 6.45) is 1.21. The van der Waals surface area contributed by atoms with Gasteiger partial charge in [-0.25, -0.2) is 0 Å². The Hall–Kier alpha value is -1.77. The molecular formula is C10H12N2O. The van der Waals surface area contributed by atoms with Crippen molar-refractivity contribution >= 4 is 11.6 Å². The van der Waals surface area contributed by atoms with Gasteiger partial charge in [0.25, 0.3) is 0 Å². The van der Waals surface area contributed by atoms with Crippen molar-refractivity contribution in [2.45, 2.75) is 6.92 Å². The summed E-state index contributed by atoms with van der Waals surface area (Å²) in [6.45, 7) is 1.98. The normalized spacial score (nSPS) is 11.3. The van der Waals surface area contributed by atoms with E-state index in [2.05, 4.69) is 0 Å². The predicted octanol–water partition coefficient (Wildman–Crippen LogP) is 0.780. The molecule has 3 nitrogen and oxygen atoms in total. The maximum absolute atomic E-state index is 10.5. The van der Waals surface area contributed by atoms with Crippen LogP contribution in [0.3, 0.4) is 0 Å². The van der Waals surface area contributed by atoms with Gasteiger partial charge in [0, 0.05) is 11.8 Å². The Morgan fingerprint density at radius 2 is 1.77 bits per heavy atom. The van der Waals surface area contributed by atoms with E-state index in [9.17, 15) is 4.79 Å². The lowest BCUT2D eigenvalue weighted by molar-refractivity contribution is -0.113. The van der Waals surface area contributed by atoms with Gasteiger partial charge in [0.15, 0.2) is 0 Å². The van der Waals surface area contributed by atoms with E-state index in [1.54, 1.807) is 0 Å². The molecule has 0 spiro atoms. The summed E-state index contributed by atoms with van der Waals surface area (Å²) in [4.78, 5) is 10.5. The minimum atomic E-state index is -0.530. The molecule has 0 aromatic heterocycles. The van der Waals surface area contributed by atoms with Gasteiger partial charge in [-0.2, -0.15) is 0 Å². The number of benzene rings is 1. The van der Waals surface area contributed by atoms with Crippen LogP contribution < -0.4 is 11.5 Å². The van der Waals surface area contributed by atoms with Crippen LogP contribution in [0.25, 0.3) is 5.70 Å². The molecule has 4 N–H and O–H groups in total. The van der Waals surface area contributed by atoms with Crippen LogP contribution in [0.4, 0.5) is 0 Å². The summed E-state index contributed by atoms with van der Waals surface area (Å²) in [7, 11) is 0. The van der Waals surface area contributed by atoms with Gasteiger partial charge >= 0.3 is 0 Å². The molecule has 1 aromatic carbocycles. The van der Waals surface area contributed by atoms with Crippen molar-refractivity contribution in [1.82, 2.24) is 0 Å². The second kappa shape index (κ2) is 3.76. The van der Waals surface area contributed by atoms with Crippen molar-refractivity contribution in [2.24, 2.45) is 11.5 Å². The molecule has 0 fully saturated rings. The SMILES string of the molecule is Cc1ccc(/C(N)=C/C(N)=O)cc1. The highest BCUT2D eigenvalue weighted by atomic mass is 16.1. The minimum Gasteiger partial charge on any atom is -0.398 e. The third-order valence-electron chi connectivity index (χ3n) is 1.68. The first-order valence-electron chi connectivity index (χ1n) is 3.93. The fraction of sp³-hybridized carbons (Fsp3) is 0.100. The van der Waals surface area contributed by atoms with Crippen LogP contribution in [0.1, 0.15) is 11.1 Å². The average molecular weight is 176 g/mol. The van der Waals surface area contributed by atoms with Gasteiger partial charge in [-0.3, -0.25) is 4.79 Å². The van der Waals surface area contributed by atoms with Gasteiger partial charge in [-0.15, -0.1) is 0 Å². The van der Waals surface area contributed by atoms with Crippen LogP contribution >= 0.6 is 0 Å². The topological polar surface area (TPSA) is 69.1 Å². The summed E-state index contributed by atoms with van der Waals surface area (Å²) in [6, 6.07) is 7.56. The number of hydrogen-bond acceptors (Lipinski definition) is 2. The lowest BCUT2D eigenvalue weighted by atomic mass is 10.1. The van der Waals surface area contributed by atoms with Crippen molar-refractivity contribution in [3.05, 3.63) is 41.5 Å². The van der Waals surface area contributed by atoms with Gasteiger partial charge < -0.3 is 11.5 Å². The van der Waals surface area contributed by atoms with Crippen molar-refractivity contribution in [3.8, 4) is 0 Å². The van der Waals surface area contributed by atoms with Crippen LogP contribution in [0, 0.1) is 6.92 Å². The van der Waals surface area contributed by atoms with Crippen molar-refractivity contribution in [3.63, 3.8) is 0 Å². The largest absolute Gasteiger partial charge is 0.398 e. The van der Waals surface area contributed by atoms with Crippen molar-refractivity contribution < 1.29 is 4.79 Å². The summed E-state index contributed by atoms with van der Waals surface area (Å²) in [5, 5.41) is 0. The van der Waals surface area contributed by atoms with Gasteiger partial charge in [0.1, 0.15) is 0 Å². The van der Waals surface area contributed by atoms with E-state index in [-0.39, 0.29) is 0 Å². The Morgan fingerprint density at radius 3 is 2.23 bits per heavy atom. The monoisotopic (exact) mass is 176 g/mol.